The molecule has 3 fully saturated rings. The zero-order valence-electron chi connectivity index (χ0n) is 26.8. The summed E-state index contributed by atoms with van der Waals surface area (Å²) >= 11 is 0. The highest BCUT2D eigenvalue weighted by Gasteiger charge is 2.80. The molecule has 5 rings (SSSR count). The molecule has 3 heterocycles. The Morgan fingerprint density at radius 3 is 2.31 bits per heavy atom. The maximum Gasteiger partial charge on any atom is 0.248 e. The molecule has 3 amide bonds. The van der Waals surface area contributed by atoms with Crippen molar-refractivity contribution in [3.8, 4) is 0 Å². The maximum atomic E-state index is 14.9. The molecule has 7 atom stereocenters. The van der Waals surface area contributed by atoms with Crippen LogP contribution in [-0.2, 0) is 25.5 Å². The second-order valence-corrected chi connectivity index (χ2v) is 13.0. The first-order valence-electron chi connectivity index (χ1n) is 16.2. The van der Waals surface area contributed by atoms with Crippen LogP contribution in [0.15, 0.2) is 86.0 Å². The smallest absolute Gasteiger partial charge is 0.248 e. The van der Waals surface area contributed by atoms with Gasteiger partial charge in [-0.05, 0) is 49.8 Å². The van der Waals surface area contributed by atoms with Crippen LogP contribution < -0.4 is 4.90 Å². The van der Waals surface area contributed by atoms with Crippen molar-refractivity contribution >= 4 is 23.4 Å². The van der Waals surface area contributed by atoms with Crippen molar-refractivity contribution in [1.82, 2.24) is 9.80 Å². The number of para-hydroxylation sites is 1. The number of anilines is 1. The normalized spacial score (nSPS) is 28.9. The summed E-state index contributed by atoms with van der Waals surface area (Å²) in [6, 6.07) is 17.4. The van der Waals surface area contributed by atoms with Crippen molar-refractivity contribution in [1.29, 1.82) is 0 Å². The van der Waals surface area contributed by atoms with Gasteiger partial charge in [0, 0.05) is 25.3 Å². The van der Waals surface area contributed by atoms with Gasteiger partial charge in [0.2, 0.25) is 17.7 Å². The van der Waals surface area contributed by atoms with E-state index in [1.165, 1.54) is 0 Å². The number of carbonyl (C=O) groups excluding carboxylic acids is 3. The van der Waals surface area contributed by atoms with E-state index in [0.717, 1.165) is 18.4 Å². The van der Waals surface area contributed by atoms with Gasteiger partial charge < -0.3 is 24.5 Å². The molecule has 0 saturated carbocycles. The van der Waals surface area contributed by atoms with E-state index in [2.05, 4.69) is 20.1 Å². The van der Waals surface area contributed by atoms with Crippen LogP contribution in [0.1, 0.15) is 45.6 Å². The molecular weight excluding hydrogens is 566 g/mol. The highest BCUT2D eigenvalue weighted by atomic mass is 16.5. The molecule has 0 aliphatic carbocycles. The third kappa shape index (κ3) is 5.52. The lowest BCUT2D eigenvalue weighted by Crippen LogP contribution is -2.59. The van der Waals surface area contributed by atoms with E-state index in [0.29, 0.717) is 31.6 Å². The predicted molar refractivity (Wildman–Crippen MR) is 175 cm³/mol. The highest BCUT2D eigenvalue weighted by molar-refractivity contribution is 6.03. The Labute approximate surface area is 267 Å². The van der Waals surface area contributed by atoms with Crippen LogP contribution in [-0.4, -0.2) is 82.2 Å². The van der Waals surface area contributed by atoms with Crippen molar-refractivity contribution in [2.45, 2.75) is 69.7 Å². The second-order valence-electron chi connectivity index (χ2n) is 13.0. The number of benzene rings is 2. The average molecular weight is 614 g/mol. The Hall–Kier alpha value is -3.75. The molecule has 3 unspecified atom stereocenters. The molecule has 8 nitrogen and oxygen atoms in total. The summed E-state index contributed by atoms with van der Waals surface area (Å²) in [5.41, 5.74) is -0.524. The molecule has 3 saturated heterocycles. The first-order chi connectivity index (χ1) is 21.7. The Kier molecular flexibility index (Phi) is 9.65. The van der Waals surface area contributed by atoms with Crippen LogP contribution in [0.25, 0.3) is 0 Å². The summed E-state index contributed by atoms with van der Waals surface area (Å²) < 4.78 is 7.00. The van der Waals surface area contributed by atoms with Crippen LogP contribution in [0, 0.1) is 17.8 Å². The van der Waals surface area contributed by atoms with E-state index in [1.54, 1.807) is 26.9 Å². The van der Waals surface area contributed by atoms with Crippen LogP contribution in [0.2, 0.25) is 0 Å². The van der Waals surface area contributed by atoms with E-state index < -0.39 is 35.1 Å². The van der Waals surface area contributed by atoms with Crippen molar-refractivity contribution in [2.24, 2.45) is 17.8 Å². The number of aliphatic hydroxyl groups is 1. The summed E-state index contributed by atoms with van der Waals surface area (Å²) in [5, 5.41) is 10.8. The van der Waals surface area contributed by atoms with Crippen molar-refractivity contribution in [2.75, 3.05) is 31.1 Å². The lowest BCUT2D eigenvalue weighted by atomic mass is 9.62. The first-order valence-corrected chi connectivity index (χ1v) is 16.2. The van der Waals surface area contributed by atoms with Gasteiger partial charge >= 0.3 is 0 Å². The minimum Gasteiger partial charge on any atom is -0.394 e. The summed E-state index contributed by atoms with van der Waals surface area (Å²) in [4.78, 5) is 49.4. The Bertz CT molecular complexity index is 1400. The molecule has 45 heavy (non-hydrogen) atoms. The van der Waals surface area contributed by atoms with Crippen LogP contribution >= 0.6 is 0 Å². The molecule has 3 aliphatic heterocycles. The number of unbranched alkanes of at least 4 members (excludes halogenated alkanes) is 1. The standard InChI is InChI=1S/C37H47N3O5/c1-6-9-22-38(20-7-2)35(44)32-37-24-26(4)36(5,45-37)30(33(42)39(21-8-3)28-18-14-11-15-19-28)31(37)34(43)40(32)29(25-41)23-27-16-12-10-13-17-27/h7-8,10-19,26,29-32,41H,2-3,6,9,20-25H2,1,4-5H3/t26?,29-,30+,31+,32?,36-,37?/m1/s1. The van der Waals surface area contributed by atoms with Gasteiger partial charge in [-0.25, -0.2) is 0 Å². The van der Waals surface area contributed by atoms with Crippen molar-refractivity contribution in [3.63, 3.8) is 0 Å². The second kappa shape index (κ2) is 13.3. The zero-order valence-corrected chi connectivity index (χ0v) is 26.8. The van der Waals surface area contributed by atoms with Crippen LogP contribution in [0.5, 0.6) is 0 Å². The molecule has 2 bridgehead atoms. The SMILES string of the molecule is C=CCN(CCCC)C(=O)C1N([C@@H](CO)Cc2ccccc2)C(=O)[C@@H]2[C@@H](C(=O)N(CC=C)c3ccccc3)[C@]3(C)OC12CC3C. The molecule has 3 aliphatic rings. The third-order valence-corrected chi connectivity index (χ3v) is 10.3. The number of amides is 3. The van der Waals surface area contributed by atoms with Crippen LogP contribution in [0.4, 0.5) is 5.69 Å². The van der Waals surface area contributed by atoms with Gasteiger partial charge in [0.1, 0.15) is 11.6 Å². The van der Waals surface area contributed by atoms with E-state index >= 15 is 0 Å². The molecule has 0 radical (unpaired) electrons. The monoisotopic (exact) mass is 613 g/mol. The number of rotatable bonds is 14. The van der Waals surface area contributed by atoms with E-state index in [-0.39, 0.29) is 36.8 Å². The van der Waals surface area contributed by atoms with Gasteiger partial charge in [-0.3, -0.25) is 14.4 Å². The van der Waals surface area contributed by atoms with Gasteiger partial charge in [0.15, 0.2) is 0 Å². The number of hydrogen-bond donors (Lipinski definition) is 1. The van der Waals surface area contributed by atoms with Crippen molar-refractivity contribution in [3.05, 3.63) is 91.5 Å². The molecule has 2 aromatic carbocycles. The quantitative estimate of drug-likeness (QED) is 0.314. The summed E-state index contributed by atoms with van der Waals surface area (Å²) in [6.45, 7) is 14.6. The fraction of sp³-hybridized carbons (Fsp3) is 0.486. The maximum absolute atomic E-state index is 14.9. The predicted octanol–water partition coefficient (Wildman–Crippen LogP) is 4.63. The zero-order chi connectivity index (χ0) is 32.4. The van der Waals surface area contributed by atoms with Gasteiger partial charge in [0.25, 0.3) is 0 Å². The number of ether oxygens (including phenoxy) is 1. The molecule has 1 spiro atoms. The number of likely N-dealkylation sites (tertiary alicyclic amines) is 1. The summed E-state index contributed by atoms with van der Waals surface area (Å²) in [7, 11) is 0. The fourth-order valence-corrected chi connectivity index (χ4v) is 8.06. The van der Waals surface area contributed by atoms with Crippen molar-refractivity contribution < 1.29 is 24.2 Å². The van der Waals surface area contributed by atoms with Gasteiger partial charge in [-0.15, -0.1) is 13.2 Å². The Morgan fingerprint density at radius 1 is 1.07 bits per heavy atom. The van der Waals surface area contributed by atoms with E-state index in [4.69, 9.17) is 4.74 Å². The lowest BCUT2D eigenvalue weighted by molar-refractivity contribution is -0.155. The number of fused-ring (bicyclic) bond motifs is 1. The van der Waals surface area contributed by atoms with Crippen LogP contribution in [0.3, 0.4) is 0 Å². The largest absolute Gasteiger partial charge is 0.394 e. The number of nitrogens with zero attached hydrogens (tertiary/aromatic N) is 3. The van der Waals surface area contributed by atoms with Gasteiger partial charge in [-0.2, -0.15) is 0 Å². The highest BCUT2D eigenvalue weighted by Crippen LogP contribution is 2.66. The molecular formula is C37H47N3O5. The van der Waals surface area contributed by atoms with Gasteiger partial charge in [0.05, 0.1) is 30.1 Å². The fourth-order valence-electron chi connectivity index (χ4n) is 8.06. The van der Waals surface area contributed by atoms with E-state index in [1.807, 2.05) is 74.5 Å². The summed E-state index contributed by atoms with van der Waals surface area (Å²) in [6.07, 6.45) is 5.91. The molecule has 1 N–H and O–H groups in total. The molecule has 0 aromatic heterocycles. The summed E-state index contributed by atoms with van der Waals surface area (Å²) in [5.74, 6) is -2.55. The average Bonchev–Trinajstić information content (AvgIpc) is 3.57. The Morgan fingerprint density at radius 2 is 1.71 bits per heavy atom. The molecule has 8 heteroatoms. The molecule has 240 valence electrons. The first kappa shape index (κ1) is 32.6. The minimum atomic E-state index is -1.21. The number of carbonyl (C=O) groups is 3. The lowest BCUT2D eigenvalue weighted by Gasteiger charge is -2.39. The minimum absolute atomic E-state index is 0.0997. The molecule has 2 aromatic rings. The topological polar surface area (TPSA) is 90.4 Å². The van der Waals surface area contributed by atoms with E-state index in [9.17, 15) is 19.5 Å². The Balaban J connectivity index is 1.64. The number of hydrogen-bond acceptors (Lipinski definition) is 5. The van der Waals surface area contributed by atoms with Gasteiger partial charge in [-0.1, -0.05) is 81.0 Å². The third-order valence-electron chi connectivity index (χ3n) is 10.3. The number of aliphatic hydroxyl groups excluding tert-OH is 1.